The minimum atomic E-state index is 0.565. The third kappa shape index (κ3) is 2.21. The van der Waals surface area contributed by atoms with Crippen molar-refractivity contribution in [1.29, 1.82) is 0 Å². The summed E-state index contributed by atoms with van der Waals surface area (Å²) in [6.07, 6.45) is 9.04. The van der Waals surface area contributed by atoms with Gasteiger partial charge >= 0.3 is 0 Å². The average molecular weight is 354 g/mol. The molecule has 1 atom stereocenters. The molecule has 0 radical (unpaired) electrons. The van der Waals surface area contributed by atoms with E-state index in [1.807, 2.05) is 11.3 Å². The van der Waals surface area contributed by atoms with Gasteiger partial charge in [-0.1, -0.05) is 6.92 Å². The Morgan fingerprint density at radius 1 is 1.20 bits per heavy atom. The number of nitrogens with one attached hydrogen (secondary N) is 1. The van der Waals surface area contributed by atoms with Crippen molar-refractivity contribution >= 4 is 27.3 Å². The highest BCUT2D eigenvalue weighted by Crippen LogP contribution is 2.64. The lowest BCUT2D eigenvalue weighted by atomic mass is 9.47. The summed E-state index contributed by atoms with van der Waals surface area (Å²) in [5, 5.41) is 3.86. The van der Waals surface area contributed by atoms with Crippen LogP contribution in [0, 0.1) is 23.2 Å². The molecule has 4 aliphatic carbocycles. The van der Waals surface area contributed by atoms with Crippen LogP contribution in [-0.4, -0.2) is 6.54 Å². The largest absolute Gasteiger partial charge is 0.309 e. The second kappa shape index (κ2) is 5.10. The van der Waals surface area contributed by atoms with Crippen LogP contribution < -0.4 is 5.32 Å². The molecule has 0 aromatic carbocycles. The topological polar surface area (TPSA) is 12.0 Å². The van der Waals surface area contributed by atoms with Crippen LogP contribution >= 0.6 is 27.3 Å². The number of thiophene rings is 1. The smallest absolute Gasteiger partial charge is 0.0701 e. The first-order valence-electron chi connectivity index (χ1n) is 8.17. The molecule has 1 N–H and O–H groups in total. The summed E-state index contributed by atoms with van der Waals surface area (Å²) in [6.45, 7) is 3.35. The van der Waals surface area contributed by atoms with Gasteiger partial charge in [-0.2, -0.15) is 0 Å². The zero-order chi connectivity index (χ0) is 13.7. The number of halogens is 1. The fourth-order valence-electron chi connectivity index (χ4n) is 5.84. The van der Waals surface area contributed by atoms with Crippen LogP contribution in [0.25, 0.3) is 0 Å². The van der Waals surface area contributed by atoms with Crippen LogP contribution in [0.1, 0.15) is 56.4 Å². The SMILES string of the molecule is CCNC(c1ccc(Br)s1)C12CC3CC(CC(C3)C1)C2. The van der Waals surface area contributed by atoms with Crippen LogP contribution in [0.2, 0.25) is 0 Å². The van der Waals surface area contributed by atoms with E-state index in [2.05, 4.69) is 40.3 Å². The van der Waals surface area contributed by atoms with Crippen molar-refractivity contribution in [3.63, 3.8) is 0 Å². The molecule has 5 rings (SSSR count). The van der Waals surface area contributed by atoms with Gasteiger partial charge in [0.05, 0.1) is 3.79 Å². The van der Waals surface area contributed by atoms with Gasteiger partial charge in [-0.05, 0) is 96.3 Å². The Balaban J connectivity index is 1.68. The molecule has 4 fully saturated rings. The van der Waals surface area contributed by atoms with Gasteiger partial charge in [0.25, 0.3) is 0 Å². The van der Waals surface area contributed by atoms with Gasteiger partial charge in [0.15, 0.2) is 0 Å². The molecule has 0 aliphatic heterocycles. The molecule has 1 heterocycles. The van der Waals surface area contributed by atoms with E-state index in [4.69, 9.17) is 0 Å². The summed E-state index contributed by atoms with van der Waals surface area (Å²) in [5.74, 6) is 3.10. The van der Waals surface area contributed by atoms with Gasteiger partial charge in [0.2, 0.25) is 0 Å². The second-order valence-corrected chi connectivity index (χ2v) is 9.91. The lowest BCUT2D eigenvalue weighted by molar-refractivity contribution is -0.0739. The quantitative estimate of drug-likeness (QED) is 0.766. The summed E-state index contributed by atoms with van der Waals surface area (Å²) in [7, 11) is 0. The average Bonchev–Trinajstić information content (AvgIpc) is 2.80. The molecule has 20 heavy (non-hydrogen) atoms. The lowest BCUT2D eigenvalue weighted by Gasteiger charge is -2.59. The Kier molecular flexibility index (Phi) is 3.51. The molecule has 4 saturated carbocycles. The first-order valence-corrected chi connectivity index (χ1v) is 9.78. The van der Waals surface area contributed by atoms with Crippen LogP contribution in [0.3, 0.4) is 0 Å². The Labute approximate surface area is 134 Å². The van der Waals surface area contributed by atoms with Crippen molar-refractivity contribution in [3.8, 4) is 0 Å². The van der Waals surface area contributed by atoms with E-state index in [1.165, 1.54) is 42.3 Å². The maximum Gasteiger partial charge on any atom is 0.0701 e. The maximum atomic E-state index is 3.86. The molecule has 1 aromatic heterocycles. The first-order chi connectivity index (χ1) is 9.68. The molecule has 4 aliphatic rings. The van der Waals surface area contributed by atoms with Gasteiger partial charge in [-0.15, -0.1) is 11.3 Å². The highest BCUT2D eigenvalue weighted by Gasteiger charge is 2.54. The molecular weight excluding hydrogens is 330 g/mol. The van der Waals surface area contributed by atoms with Gasteiger partial charge in [0.1, 0.15) is 0 Å². The monoisotopic (exact) mass is 353 g/mol. The van der Waals surface area contributed by atoms with E-state index in [0.29, 0.717) is 11.5 Å². The van der Waals surface area contributed by atoms with Crippen molar-refractivity contribution in [2.45, 2.75) is 51.5 Å². The molecule has 0 amide bonds. The summed E-state index contributed by atoms with van der Waals surface area (Å²) in [6, 6.07) is 5.17. The van der Waals surface area contributed by atoms with Crippen molar-refractivity contribution < 1.29 is 0 Å². The number of hydrogen-bond donors (Lipinski definition) is 1. The fourth-order valence-corrected chi connectivity index (χ4v) is 7.48. The van der Waals surface area contributed by atoms with Gasteiger partial charge < -0.3 is 5.32 Å². The Morgan fingerprint density at radius 2 is 1.80 bits per heavy atom. The molecule has 110 valence electrons. The third-order valence-corrected chi connectivity index (χ3v) is 7.67. The minimum Gasteiger partial charge on any atom is -0.309 e. The van der Waals surface area contributed by atoms with Crippen LogP contribution in [0.5, 0.6) is 0 Å². The summed E-state index contributed by atoms with van der Waals surface area (Å²) >= 11 is 5.59. The molecule has 0 saturated heterocycles. The van der Waals surface area contributed by atoms with E-state index in [-0.39, 0.29) is 0 Å². The first kappa shape index (κ1) is 13.8. The zero-order valence-corrected chi connectivity index (χ0v) is 14.6. The van der Waals surface area contributed by atoms with Gasteiger partial charge in [-0.3, -0.25) is 0 Å². The Morgan fingerprint density at radius 3 is 2.25 bits per heavy atom. The van der Waals surface area contributed by atoms with E-state index in [9.17, 15) is 0 Å². The van der Waals surface area contributed by atoms with Crippen molar-refractivity contribution in [2.75, 3.05) is 6.54 Å². The zero-order valence-electron chi connectivity index (χ0n) is 12.2. The van der Waals surface area contributed by atoms with E-state index in [1.54, 1.807) is 4.88 Å². The molecular formula is C17H24BrNS. The van der Waals surface area contributed by atoms with Crippen LogP contribution in [0.4, 0.5) is 0 Å². The van der Waals surface area contributed by atoms with Crippen molar-refractivity contribution in [3.05, 3.63) is 20.8 Å². The summed E-state index contributed by atoms with van der Waals surface area (Å²) in [4.78, 5) is 1.56. The second-order valence-electron chi connectivity index (χ2n) is 7.41. The molecule has 3 heteroatoms. The summed E-state index contributed by atoms with van der Waals surface area (Å²) in [5.41, 5.74) is 0.565. The minimum absolute atomic E-state index is 0.565. The molecule has 0 spiro atoms. The van der Waals surface area contributed by atoms with Gasteiger partial charge in [-0.25, -0.2) is 0 Å². The van der Waals surface area contributed by atoms with E-state index in [0.717, 1.165) is 24.3 Å². The predicted octanol–water partition coefficient (Wildman–Crippen LogP) is 5.38. The molecule has 1 nitrogen and oxygen atoms in total. The number of rotatable bonds is 4. The molecule has 1 unspecified atom stereocenters. The van der Waals surface area contributed by atoms with Gasteiger partial charge in [0, 0.05) is 10.9 Å². The molecule has 4 bridgehead atoms. The van der Waals surface area contributed by atoms with Crippen molar-refractivity contribution in [2.24, 2.45) is 23.2 Å². The highest BCUT2D eigenvalue weighted by molar-refractivity contribution is 9.11. The highest BCUT2D eigenvalue weighted by atomic mass is 79.9. The fraction of sp³-hybridized carbons (Fsp3) is 0.765. The maximum absolute atomic E-state index is 3.86. The third-order valence-electron chi connectivity index (χ3n) is 5.98. The van der Waals surface area contributed by atoms with Crippen LogP contribution in [-0.2, 0) is 0 Å². The van der Waals surface area contributed by atoms with Crippen LogP contribution in [0.15, 0.2) is 15.9 Å². The van der Waals surface area contributed by atoms with E-state index >= 15 is 0 Å². The Hall–Kier alpha value is 0.140. The number of hydrogen-bond acceptors (Lipinski definition) is 2. The summed E-state index contributed by atoms with van der Waals surface area (Å²) < 4.78 is 1.28. The van der Waals surface area contributed by atoms with E-state index < -0.39 is 0 Å². The molecule has 1 aromatic rings. The Bertz CT molecular complexity index is 460. The van der Waals surface area contributed by atoms with Crippen molar-refractivity contribution in [1.82, 2.24) is 5.32 Å². The predicted molar refractivity (Wildman–Crippen MR) is 89.0 cm³/mol. The lowest BCUT2D eigenvalue weighted by Crippen LogP contribution is -2.51. The standard InChI is InChI=1S/C17H24BrNS/c1-2-19-16(14-3-4-15(18)20-14)17-8-11-5-12(9-17)7-13(6-11)10-17/h3-4,11-13,16,19H,2,5-10H2,1H3. The normalized spacial score (nSPS) is 40.2.